The fraction of sp³-hybridized carbons (Fsp3) is 0.500. The Kier molecular flexibility index (Phi) is 3.55. The van der Waals surface area contributed by atoms with Crippen molar-refractivity contribution in [2.24, 2.45) is 5.92 Å². The second-order valence-corrected chi connectivity index (χ2v) is 5.19. The average molecular weight is 250 g/mol. The van der Waals surface area contributed by atoms with Gasteiger partial charge in [0, 0.05) is 11.7 Å². The molecule has 2 unspecified atom stereocenters. The number of aryl methyl sites for hydroxylation is 1. The number of amides is 1. The number of rotatable bonds is 2. The third-order valence-corrected chi connectivity index (χ3v) is 3.70. The van der Waals surface area contributed by atoms with E-state index in [9.17, 15) is 9.18 Å². The Morgan fingerprint density at radius 3 is 2.78 bits per heavy atom. The Morgan fingerprint density at radius 2 is 2.17 bits per heavy atom. The van der Waals surface area contributed by atoms with Gasteiger partial charge in [-0.2, -0.15) is 0 Å². The maximum atomic E-state index is 13.9. The van der Waals surface area contributed by atoms with E-state index in [-0.39, 0.29) is 17.5 Å². The molecule has 1 aliphatic rings. The minimum absolute atomic E-state index is 0.0478. The highest BCUT2D eigenvalue weighted by atomic mass is 19.1. The molecule has 1 aromatic carbocycles. The molecule has 0 saturated heterocycles. The van der Waals surface area contributed by atoms with Gasteiger partial charge in [0.05, 0.1) is 5.56 Å². The lowest BCUT2D eigenvalue weighted by Crippen LogP contribution is -2.37. The molecule has 0 spiro atoms. The lowest BCUT2D eigenvalue weighted by molar-refractivity contribution is 0.0925. The maximum Gasteiger partial charge on any atom is 0.254 e. The van der Waals surface area contributed by atoms with Crippen LogP contribution in [-0.4, -0.2) is 11.9 Å². The number of carbonyl (C=O) groups excluding carboxylic acids is 1. The summed E-state index contributed by atoms with van der Waals surface area (Å²) >= 11 is 0. The van der Waals surface area contributed by atoms with Crippen molar-refractivity contribution in [2.45, 2.75) is 39.2 Å². The second-order valence-electron chi connectivity index (χ2n) is 5.19. The van der Waals surface area contributed by atoms with Gasteiger partial charge in [0.15, 0.2) is 0 Å². The van der Waals surface area contributed by atoms with Gasteiger partial charge >= 0.3 is 0 Å². The van der Waals surface area contributed by atoms with Crippen LogP contribution in [0.15, 0.2) is 12.1 Å². The van der Waals surface area contributed by atoms with Gasteiger partial charge in [0.25, 0.3) is 5.91 Å². The van der Waals surface area contributed by atoms with Gasteiger partial charge in [0.1, 0.15) is 5.82 Å². The van der Waals surface area contributed by atoms with Crippen LogP contribution >= 0.6 is 0 Å². The molecule has 1 saturated carbocycles. The van der Waals surface area contributed by atoms with E-state index in [1.54, 1.807) is 6.92 Å². The van der Waals surface area contributed by atoms with Crippen LogP contribution in [0.25, 0.3) is 0 Å². The Balaban J connectivity index is 2.18. The number of carbonyl (C=O) groups is 1. The number of nitrogens with two attached hydrogens (primary N) is 1. The minimum Gasteiger partial charge on any atom is -0.399 e. The summed E-state index contributed by atoms with van der Waals surface area (Å²) < 4.78 is 13.9. The van der Waals surface area contributed by atoms with E-state index in [1.807, 2.05) is 0 Å². The number of benzene rings is 1. The Hall–Kier alpha value is -1.58. The van der Waals surface area contributed by atoms with Crippen molar-refractivity contribution < 1.29 is 9.18 Å². The predicted octanol–water partition coefficient (Wildman–Crippen LogP) is 2.63. The van der Waals surface area contributed by atoms with Crippen LogP contribution in [-0.2, 0) is 0 Å². The molecule has 0 bridgehead atoms. The van der Waals surface area contributed by atoms with E-state index in [0.717, 1.165) is 19.3 Å². The monoisotopic (exact) mass is 250 g/mol. The zero-order valence-electron chi connectivity index (χ0n) is 10.8. The van der Waals surface area contributed by atoms with Crippen LogP contribution in [0, 0.1) is 18.7 Å². The van der Waals surface area contributed by atoms with Gasteiger partial charge in [-0.25, -0.2) is 4.39 Å². The van der Waals surface area contributed by atoms with Crippen molar-refractivity contribution in [3.05, 3.63) is 29.1 Å². The van der Waals surface area contributed by atoms with Gasteiger partial charge in [-0.15, -0.1) is 0 Å². The first-order chi connectivity index (χ1) is 8.49. The third kappa shape index (κ3) is 2.47. The molecule has 0 radical (unpaired) electrons. The number of hydrogen-bond donors (Lipinski definition) is 2. The molecule has 4 heteroatoms. The van der Waals surface area contributed by atoms with E-state index in [2.05, 4.69) is 12.2 Å². The van der Waals surface area contributed by atoms with Crippen LogP contribution in [0.1, 0.15) is 42.1 Å². The van der Waals surface area contributed by atoms with E-state index in [4.69, 9.17) is 5.73 Å². The molecule has 98 valence electrons. The van der Waals surface area contributed by atoms with Crippen molar-refractivity contribution >= 4 is 11.6 Å². The number of halogens is 1. The first-order valence-corrected chi connectivity index (χ1v) is 6.35. The SMILES string of the molecule is Cc1cc(N)cc(C(=O)NC2CCCC2C)c1F. The lowest BCUT2D eigenvalue weighted by atomic mass is 10.0. The third-order valence-electron chi connectivity index (χ3n) is 3.70. The Labute approximate surface area is 107 Å². The smallest absolute Gasteiger partial charge is 0.254 e. The normalized spacial score (nSPS) is 23.1. The molecule has 1 aliphatic carbocycles. The fourth-order valence-corrected chi connectivity index (χ4v) is 2.57. The van der Waals surface area contributed by atoms with E-state index in [0.29, 0.717) is 17.2 Å². The summed E-state index contributed by atoms with van der Waals surface area (Å²) in [6.07, 6.45) is 3.20. The van der Waals surface area contributed by atoms with E-state index in [1.165, 1.54) is 12.1 Å². The summed E-state index contributed by atoms with van der Waals surface area (Å²) in [6.45, 7) is 3.72. The Bertz CT molecular complexity index is 473. The molecular weight excluding hydrogens is 231 g/mol. The van der Waals surface area contributed by atoms with Gasteiger partial charge in [-0.05, 0) is 43.4 Å². The molecule has 3 N–H and O–H groups in total. The van der Waals surface area contributed by atoms with Crippen molar-refractivity contribution in [1.82, 2.24) is 5.32 Å². The fourth-order valence-electron chi connectivity index (χ4n) is 2.57. The van der Waals surface area contributed by atoms with Crippen LogP contribution in [0.3, 0.4) is 0 Å². The molecule has 1 fully saturated rings. The summed E-state index contributed by atoms with van der Waals surface area (Å²) in [5.41, 5.74) is 6.52. The largest absolute Gasteiger partial charge is 0.399 e. The average Bonchev–Trinajstić information content (AvgIpc) is 2.69. The van der Waals surface area contributed by atoms with Crippen molar-refractivity contribution in [1.29, 1.82) is 0 Å². The second kappa shape index (κ2) is 4.96. The topological polar surface area (TPSA) is 55.1 Å². The van der Waals surface area contributed by atoms with Crippen LogP contribution in [0.4, 0.5) is 10.1 Å². The lowest BCUT2D eigenvalue weighted by Gasteiger charge is -2.18. The quantitative estimate of drug-likeness (QED) is 0.793. The van der Waals surface area contributed by atoms with Crippen LogP contribution < -0.4 is 11.1 Å². The highest BCUT2D eigenvalue weighted by Crippen LogP contribution is 2.25. The molecule has 3 nitrogen and oxygen atoms in total. The molecule has 2 atom stereocenters. The van der Waals surface area contributed by atoms with Gasteiger partial charge < -0.3 is 11.1 Å². The number of nitrogens with one attached hydrogen (secondary N) is 1. The first kappa shape index (κ1) is 12.9. The highest BCUT2D eigenvalue weighted by Gasteiger charge is 2.26. The predicted molar refractivity (Wildman–Crippen MR) is 69.8 cm³/mol. The summed E-state index contributed by atoms with van der Waals surface area (Å²) in [4.78, 5) is 12.1. The molecule has 0 aliphatic heterocycles. The molecule has 0 heterocycles. The number of anilines is 1. The van der Waals surface area contributed by atoms with E-state index < -0.39 is 5.82 Å². The zero-order valence-corrected chi connectivity index (χ0v) is 10.8. The summed E-state index contributed by atoms with van der Waals surface area (Å²) in [7, 11) is 0. The maximum absolute atomic E-state index is 13.9. The van der Waals surface area contributed by atoms with Crippen LogP contribution in [0.2, 0.25) is 0 Å². The molecule has 1 amide bonds. The number of hydrogen-bond acceptors (Lipinski definition) is 2. The molecule has 18 heavy (non-hydrogen) atoms. The molecule has 2 rings (SSSR count). The van der Waals surface area contributed by atoms with Gasteiger partial charge in [-0.1, -0.05) is 13.3 Å². The van der Waals surface area contributed by atoms with Crippen molar-refractivity contribution in [3.8, 4) is 0 Å². The standard InChI is InChI=1S/C14H19FN2O/c1-8-4-3-5-12(8)17-14(18)11-7-10(16)6-9(2)13(11)15/h6-8,12H,3-5,16H2,1-2H3,(H,17,18). The summed E-state index contributed by atoms with van der Waals surface area (Å²) in [6, 6.07) is 3.08. The van der Waals surface area contributed by atoms with E-state index >= 15 is 0 Å². The van der Waals surface area contributed by atoms with Gasteiger partial charge in [0.2, 0.25) is 0 Å². The van der Waals surface area contributed by atoms with Crippen molar-refractivity contribution in [2.75, 3.05) is 5.73 Å². The highest BCUT2D eigenvalue weighted by molar-refractivity contribution is 5.95. The zero-order chi connectivity index (χ0) is 13.3. The van der Waals surface area contributed by atoms with Gasteiger partial charge in [-0.3, -0.25) is 4.79 Å². The number of nitrogen functional groups attached to an aromatic ring is 1. The summed E-state index contributed by atoms with van der Waals surface area (Å²) in [5, 5.41) is 2.91. The molecule has 0 aromatic heterocycles. The van der Waals surface area contributed by atoms with Crippen LogP contribution in [0.5, 0.6) is 0 Å². The minimum atomic E-state index is -0.479. The Morgan fingerprint density at radius 1 is 1.44 bits per heavy atom. The van der Waals surface area contributed by atoms with Crippen molar-refractivity contribution in [3.63, 3.8) is 0 Å². The molecular formula is C14H19FN2O. The first-order valence-electron chi connectivity index (χ1n) is 6.35. The molecule has 1 aromatic rings. The summed E-state index contributed by atoms with van der Waals surface area (Å²) in [5.74, 6) is -0.381.